The lowest BCUT2D eigenvalue weighted by molar-refractivity contribution is 0.103. The highest BCUT2D eigenvalue weighted by molar-refractivity contribution is 8.06. The molecule has 19 heavy (non-hydrogen) atoms. The zero-order chi connectivity index (χ0) is 13.8. The summed E-state index contributed by atoms with van der Waals surface area (Å²) >= 11 is 7.18. The third-order valence-electron chi connectivity index (χ3n) is 2.79. The number of aromatic nitrogens is 2. The van der Waals surface area contributed by atoms with Crippen LogP contribution in [-0.4, -0.2) is 22.3 Å². The molecule has 0 unspecified atom stereocenters. The highest BCUT2D eigenvalue weighted by Crippen LogP contribution is 2.28. The Bertz CT molecular complexity index is 557. The molecule has 1 aliphatic rings. The molecule has 2 heterocycles. The van der Waals surface area contributed by atoms with E-state index in [1.165, 1.54) is 11.8 Å². The van der Waals surface area contributed by atoms with Crippen molar-refractivity contribution in [1.82, 2.24) is 9.97 Å². The van der Waals surface area contributed by atoms with E-state index in [0.717, 1.165) is 24.9 Å². The average Bonchev–Trinajstić information content (AvgIpc) is 2.43. The first kappa shape index (κ1) is 14.1. The lowest BCUT2D eigenvalue weighted by Gasteiger charge is -2.19. The van der Waals surface area contributed by atoms with E-state index >= 15 is 0 Å². The van der Waals surface area contributed by atoms with Crippen LogP contribution >= 0.6 is 23.4 Å². The van der Waals surface area contributed by atoms with E-state index in [-0.39, 0.29) is 11.1 Å². The second kappa shape index (κ2) is 6.21. The fourth-order valence-electron chi connectivity index (χ4n) is 1.96. The predicted molar refractivity (Wildman–Crippen MR) is 79.7 cm³/mol. The van der Waals surface area contributed by atoms with Crippen LogP contribution in [0.4, 0.5) is 5.82 Å². The molecule has 4 nitrogen and oxygen atoms in total. The van der Waals surface area contributed by atoms with Crippen molar-refractivity contribution in [1.29, 1.82) is 0 Å². The minimum absolute atomic E-state index is 0.0931. The zero-order valence-corrected chi connectivity index (χ0v) is 12.1. The Balaban J connectivity index is 2.46. The third kappa shape index (κ3) is 2.98. The topological polar surface area (TPSA) is 54.9 Å². The van der Waals surface area contributed by atoms with Crippen molar-refractivity contribution >= 4 is 35.0 Å². The van der Waals surface area contributed by atoms with Gasteiger partial charge in [0.1, 0.15) is 11.5 Å². The number of anilines is 1. The molecule has 0 aliphatic carbocycles. The number of hydrogen-bond donors (Lipinski definition) is 1. The number of fused-ring (bicyclic) bond motifs is 1. The summed E-state index contributed by atoms with van der Waals surface area (Å²) < 4.78 is 0. The molecule has 100 valence electrons. The summed E-state index contributed by atoms with van der Waals surface area (Å²) in [6, 6.07) is 0. The van der Waals surface area contributed by atoms with Gasteiger partial charge in [-0.05, 0) is 36.8 Å². The maximum absolute atomic E-state index is 12.5. The van der Waals surface area contributed by atoms with Crippen LogP contribution in [0.2, 0.25) is 5.28 Å². The number of allylic oxidation sites excluding steroid dienone is 2. The number of hydrogen-bond acceptors (Lipinski definition) is 5. The summed E-state index contributed by atoms with van der Waals surface area (Å²) in [6.07, 6.45) is 3.50. The van der Waals surface area contributed by atoms with Gasteiger partial charge in [-0.15, -0.1) is 0 Å². The van der Waals surface area contributed by atoms with Gasteiger partial charge in [0.15, 0.2) is 0 Å². The Hall–Kier alpha value is -1.33. The number of nitrogens with zero attached hydrogens (tertiary/aromatic N) is 2. The highest BCUT2D eigenvalue weighted by Gasteiger charge is 2.23. The number of carbonyl (C=O) groups is 1. The molecule has 0 spiro atoms. The lowest BCUT2D eigenvalue weighted by atomic mass is 10.0. The number of thioether (sulfide) groups is 1. The van der Waals surface area contributed by atoms with Crippen LogP contribution in [0.1, 0.15) is 29.4 Å². The molecule has 0 saturated carbocycles. The maximum Gasteiger partial charge on any atom is 0.225 e. The van der Waals surface area contributed by atoms with Crippen molar-refractivity contribution in [2.75, 3.05) is 11.9 Å². The fourth-order valence-corrected chi connectivity index (χ4v) is 2.65. The predicted octanol–water partition coefficient (Wildman–Crippen LogP) is 3.45. The average molecular weight is 296 g/mol. The molecule has 0 atom stereocenters. The summed E-state index contributed by atoms with van der Waals surface area (Å²) in [4.78, 5) is 21.3. The van der Waals surface area contributed by atoms with Gasteiger partial charge in [0, 0.05) is 12.1 Å². The van der Waals surface area contributed by atoms with Crippen LogP contribution in [0.15, 0.2) is 23.0 Å². The van der Waals surface area contributed by atoms with Crippen LogP contribution < -0.4 is 5.32 Å². The third-order valence-corrected chi connectivity index (χ3v) is 3.80. The molecular formula is C13H14ClN3OS. The molecule has 6 heteroatoms. The molecule has 1 aromatic rings. The SMILES string of the molecule is C=CS/C(=C\C)C(=O)c1nc(Cl)nc2c1CCCN2. The Kier molecular flexibility index (Phi) is 4.61. The van der Waals surface area contributed by atoms with Gasteiger partial charge < -0.3 is 5.32 Å². The number of halogens is 1. The molecule has 0 saturated heterocycles. The normalized spacial score (nSPS) is 14.5. The van der Waals surface area contributed by atoms with Crippen molar-refractivity contribution in [3.05, 3.63) is 39.5 Å². The standard InChI is InChI=1S/C13H14ClN3OS/c1-3-9(19-4-2)11(18)10-8-6-5-7-15-12(8)17-13(14)16-10/h3-4H,2,5-7H2,1H3,(H,15,16,17)/b9-3-. The van der Waals surface area contributed by atoms with Crippen molar-refractivity contribution in [3.63, 3.8) is 0 Å². The molecule has 0 aromatic carbocycles. The highest BCUT2D eigenvalue weighted by atomic mass is 35.5. The quantitative estimate of drug-likeness (QED) is 0.524. The first-order valence-corrected chi connectivity index (χ1v) is 7.22. The molecule has 1 N–H and O–H groups in total. The van der Waals surface area contributed by atoms with E-state index in [4.69, 9.17) is 11.6 Å². The zero-order valence-electron chi connectivity index (χ0n) is 10.6. The Morgan fingerprint density at radius 1 is 1.53 bits per heavy atom. The first-order valence-electron chi connectivity index (χ1n) is 5.96. The molecule has 0 amide bonds. The van der Waals surface area contributed by atoms with Gasteiger partial charge in [0.25, 0.3) is 0 Å². The van der Waals surface area contributed by atoms with Crippen LogP contribution in [0.5, 0.6) is 0 Å². The van der Waals surface area contributed by atoms with Gasteiger partial charge in [-0.25, -0.2) is 9.97 Å². The van der Waals surface area contributed by atoms with Crippen LogP contribution in [0.25, 0.3) is 0 Å². The fraction of sp³-hybridized carbons (Fsp3) is 0.308. The number of ketones is 1. The number of nitrogens with one attached hydrogen (secondary N) is 1. The smallest absolute Gasteiger partial charge is 0.225 e. The molecular weight excluding hydrogens is 282 g/mol. The van der Waals surface area contributed by atoms with Crippen molar-refractivity contribution < 1.29 is 4.79 Å². The summed E-state index contributed by atoms with van der Waals surface area (Å²) in [6.45, 7) is 6.28. The molecule has 2 rings (SSSR count). The molecule has 0 bridgehead atoms. The van der Waals surface area contributed by atoms with E-state index in [2.05, 4.69) is 21.9 Å². The summed E-state index contributed by atoms with van der Waals surface area (Å²) in [5, 5.41) is 4.87. The lowest BCUT2D eigenvalue weighted by Crippen LogP contribution is -2.19. The van der Waals surface area contributed by atoms with E-state index in [1.54, 1.807) is 11.5 Å². The van der Waals surface area contributed by atoms with E-state index in [1.807, 2.05) is 6.92 Å². The van der Waals surface area contributed by atoms with Crippen molar-refractivity contribution in [2.24, 2.45) is 0 Å². The van der Waals surface area contributed by atoms with Gasteiger partial charge in [0.2, 0.25) is 11.1 Å². The van der Waals surface area contributed by atoms with Crippen LogP contribution in [0, 0.1) is 0 Å². The monoisotopic (exact) mass is 295 g/mol. The Morgan fingerprint density at radius 2 is 2.32 bits per heavy atom. The Labute approximate surface area is 121 Å². The van der Waals surface area contributed by atoms with Crippen LogP contribution in [-0.2, 0) is 6.42 Å². The van der Waals surface area contributed by atoms with Gasteiger partial charge in [-0.1, -0.05) is 24.4 Å². The van der Waals surface area contributed by atoms with Crippen LogP contribution in [0.3, 0.4) is 0 Å². The summed E-state index contributed by atoms with van der Waals surface area (Å²) in [5.74, 6) is 0.547. The second-order valence-corrected chi connectivity index (χ2v) is 5.31. The van der Waals surface area contributed by atoms with E-state index < -0.39 is 0 Å². The van der Waals surface area contributed by atoms with E-state index in [9.17, 15) is 4.79 Å². The molecule has 1 aliphatic heterocycles. The first-order chi connectivity index (χ1) is 9.17. The Morgan fingerprint density at radius 3 is 3.00 bits per heavy atom. The number of Topliss-reactive ketones (excluding diaryl/α,β-unsaturated/α-hetero) is 1. The number of rotatable bonds is 4. The maximum atomic E-state index is 12.5. The van der Waals surface area contributed by atoms with Crippen molar-refractivity contribution in [3.8, 4) is 0 Å². The minimum Gasteiger partial charge on any atom is -0.370 e. The van der Waals surface area contributed by atoms with Gasteiger partial charge in [-0.2, -0.15) is 0 Å². The molecule has 0 radical (unpaired) electrons. The van der Waals surface area contributed by atoms with Gasteiger partial charge in [-0.3, -0.25) is 4.79 Å². The van der Waals surface area contributed by atoms with E-state index in [0.29, 0.717) is 16.4 Å². The minimum atomic E-state index is -0.128. The van der Waals surface area contributed by atoms with Crippen molar-refractivity contribution in [2.45, 2.75) is 19.8 Å². The van der Waals surface area contributed by atoms with Gasteiger partial charge >= 0.3 is 0 Å². The largest absolute Gasteiger partial charge is 0.370 e. The number of carbonyl (C=O) groups excluding carboxylic acids is 1. The van der Waals surface area contributed by atoms with Gasteiger partial charge in [0.05, 0.1) is 4.91 Å². The summed E-state index contributed by atoms with van der Waals surface area (Å²) in [7, 11) is 0. The molecule has 0 fully saturated rings. The molecule has 1 aromatic heterocycles. The second-order valence-electron chi connectivity index (χ2n) is 3.97. The summed E-state index contributed by atoms with van der Waals surface area (Å²) in [5.41, 5.74) is 1.24.